The number of hydrogen-bond acceptors (Lipinski definition) is 4. The van der Waals surface area contributed by atoms with Crippen LogP contribution in [0.3, 0.4) is 0 Å². The monoisotopic (exact) mass is 272 g/mol. The van der Waals surface area contributed by atoms with Crippen molar-refractivity contribution in [3.63, 3.8) is 0 Å². The summed E-state index contributed by atoms with van der Waals surface area (Å²) >= 11 is 1.62. The molecule has 0 bridgehead atoms. The van der Waals surface area contributed by atoms with E-state index in [1.54, 1.807) is 29.5 Å². The van der Waals surface area contributed by atoms with Crippen molar-refractivity contribution in [3.05, 3.63) is 51.7 Å². The minimum absolute atomic E-state index is 0.246. The second-order valence-corrected chi connectivity index (χ2v) is 5.39. The van der Waals surface area contributed by atoms with E-state index in [4.69, 9.17) is 5.73 Å². The number of benzene rings is 1. The minimum Gasteiger partial charge on any atom is -0.398 e. The molecule has 2 aromatic rings. The first-order chi connectivity index (χ1) is 9.18. The van der Waals surface area contributed by atoms with Crippen molar-refractivity contribution in [3.8, 4) is 0 Å². The molecule has 1 aliphatic rings. The van der Waals surface area contributed by atoms with Crippen LogP contribution in [-0.2, 0) is 6.42 Å². The van der Waals surface area contributed by atoms with Crippen molar-refractivity contribution in [1.29, 1.82) is 0 Å². The van der Waals surface area contributed by atoms with E-state index in [9.17, 15) is 9.59 Å². The normalized spacial score (nSPS) is 14.0. The lowest BCUT2D eigenvalue weighted by Gasteiger charge is -2.12. The van der Waals surface area contributed by atoms with E-state index in [0.29, 0.717) is 29.8 Å². The minimum atomic E-state index is -0.283. The maximum absolute atomic E-state index is 12.2. The summed E-state index contributed by atoms with van der Waals surface area (Å²) in [6.45, 7) is 0.395. The number of carbonyl (C=O) groups excluding carboxylic acids is 2. The topological polar surface area (TPSA) is 63.4 Å². The number of anilines is 1. The molecule has 5 heteroatoms. The predicted molar refractivity (Wildman–Crippen MR) is 74.2 cm³/mol. The van der Waals surface area contributed by atoms with E-state index in [0.717, 1.165) is 4.88 Å². The number of thiophene rings is 1. The zero-order chi connectivity index (χ0) is 13.4. The second-order valence-electron chi connectivity index (χ2n) is 4.36. The molecule has 0 saturated heterocycles. The molecule has 0 saturated carbocycles. The molecule has 0 aliphatic carbocycles. The van der Waals surface area contributed by atoms with Gasteiger partial charge in [0.15, 0.2) is 0 Å². The number of carbonyl (C=O) groups is 2. The van der Waals surface area contributed by atoms with Gasteiger partial charge in [-0.15, -0.1) is 11.3 Å². The Morgan fingerprint density at radius 3 is 2.63 bits per heavy atom. The summed E-state index contributed by atoms with van der Waals surface area (Å²) in [6, 6.07) is 8.95. The SMILES string of the molecule is Nc1cccc2c1C(=O)N(CCc1cccs1)C2=O. The van der Waals surface area contributed by atoms with Gasteiger partial charge in [-0.05, 0) is 30.0 Å². The molecule has 0 atom stereocenters. The quantitative estimate of drug-likeness (QED) is 0.688. The van der Waals surface area contributed by atoms with E-state index < -0.39 is 0 Å². The van der Waals surface area contributed by atoms with Crippen molar-refractivity contribution in [1.82, 2.24) is 4.90 Å². The van der Waals surface area contributed by atoms with E-state index in [1.807, 2.05) is 17.5 Å². The maximum Gasteiger partial charge on any atom is 0.263 e. The van der Waals surface area contributed by atoms with Crippen LogP contribution < -0.4 is 5.73 Å². The van der Waals surface area contributed by atoms with Crippen molar-refractivity contribution in [2.45, 2.75) is 6.42 Å². The van der Waals surface area contributed by atoms with Crippen LogP contribution in [-0.4, -0.2) is 23.3 Å². The predicted octanol–water partition coefficient (Wildman–Crippen LogP) is 2.17. The van der Waals surface area contributed by atoms with Crippen LogP contribution in [0.4, 0.5) is 5.69 Å². The van der Waals surface area contributed by atoms with Gasteiger partial charge in [0.25, 0.3) is 11.8 Å². The number of amides is 2. The highest BCUT2D eigenvalue weighted by molar-refractivity contribution is 7.09. The fraction of sp³-hybridized carbons (Fsp3) is 0.143. The first-order valence-corrected chi connectivity index (χ1v) is 6.83. The van der Waals surface area contributed by atoms with E-state index in [2.05, 4.69) is 0 Å². The Labute approximate surface area is 114 Å². The summed E-state index contributed by atoms with van der Waals surface area (Å²) in [5.41, 5.74) is 6.91. The van der Waals surface area contributed by atoms with E-state index >= 15 is 0 Å². The Morgan fingerprint density at radius 2 is 1.95 bits per heavy atom. The maximum atomic E-state index is 12.2. The third-order valence-electron chi connectivity index (χ3n) is 3.19. The summed E-state index contributed by atoms with van der Waals surface area (Å²) in [5, 5.41) is 1.98. The Kier molecular flexibility index (Phi) is 2.83. The molecular formula is C14H12N2O2S. The summed E-state index contributed by atoms with van der Waals surface area (Å²) in [5.74, 6) is -0.529. The molecular weight excluding hydrogens is 260 g/mol. The number of nitrogen functional groups attached to an aromatic ring is 1. The molecule has 4 nitrogen and oxygen atoms in total. The summed E-state index contributed by atoms with van der Waals surface area (Å²) in [7, 11) is 0. The lowest BCUT2D eigenvalue weighted by atomic mass is 10.1. The van der Waals surface area contributed by atoms with Crippen LogP contribution in [0.15, 0.2) is 35.7 Å². The average molecular weight is 272 g/mol. The molecule has 96 valence electrons. The van der Waals surface area contributed by atoms with E-state index in [-0.39, 0.29) is 11.8 Å². The first kappa shape index (κ1) is 11.9. The third kappa shape index (κ3) is 1.92. The molecule has 2 N–H and O–H groups in total. The Morgan fingerprint density at radius 1 is 1.11 bits per heavy atom. The molecule has 2 heterocycles. The van der Waals surface area contributed by atoms with Gasteiger partial charge < -0.3 is 5.73 Å². The Balaban J connectivity index is 1.84. The van der Waals surface area contributed by atoms with Gasteiger partial charge in [0.2, 0.25) is 0 Å². The number of imide groups is 1. The first-order valence-electron chi connectivity index (χ1n) is 5.95. The van der Waals surface area contributed by atoms with Crippen molar-refractivity contribution in [2.24, 2.45) is 0 Å². The van der Waals surface area contributed by atoms with Crippen LogP contribution in [0.1, 0.15) is 25.6 Å². The van der Waals surface area contributed by atoms with Crippen LogP contribution in [0.2, 0.25) is 0 Å². The highest BCUT2D eigenvalue weighted by Gasteiger charge is 2.36. The summed E-state index contributed by atoms with van der Waals surface area (Å²) < 4.78 is 0. The largest absolute Gasteiger partial charge is 0.398 e. The fourth-order valence-corrected chi connectivity index (χ4v) is 2.94. The molecule has 2 amide bonds. The van der Waals surface area contributed by atoms with Gasteiger partial charge in [0, 0.05) is 17.1 Å². The van der Waals surface area contributed by atoms with Gasteiger partial charge in [0.1, 0.15) is 0 Å². The summed E-state index contributed by atoms with van der Waals surface area (Å²) in [4.78, 5) is 26.8. The molecule has 0 spiro atoms. The third-order valence-corrected chi connectivity index (χ3v) is 4.13. The molecule has 0 unspecified atom stereocenters. The number of nitrogens with two attached hydrogens (primary N) is 1. The van der Waals surface area contributed by atoms with Gasteiger partial charge in [-0.2, -0.15) is 0 Å². The molecule has 1 aromatic heterocycles. The molecule has 0 fully saturated rings. The van der Waals surface area contributed by atoms with Crippen LogP contribution in [0, 0.1) is 0 Å². The smallest absolute Gasteiger partial charge is 0.263 e. The van der Waals surface area contributed by atoms with Gasteiger partial charge in [-0.1, -0.05) is 12.1 Å². The lowest BCUT2D eigenvalue weighted by molar-refractivity contribution is 0.0657. The van der Waals surface area contributed by atoms with Gasteiger partial charge in [-0.3, -0.25) is 14.5 Å². The Hall–Kier alpha value is -2.14. The molecule has 1 aromatic carbocycles. The van der Waals surface area contributed by atoms with Crippen LogP contribution in [0.5, 0.6) is 0 Å². The van der Waals surface area contributed by atoms with Gasteiger partial charge in [-0.25, -0.2) is 0 Å². The van der Waals surface area contributed by atoms with Crippen LogP contribution >= 0.6 is 11.3 Å². The van der Waals surface area contributed by atoms with Crippen molar-refractivity contribution < 1.29 is 9.59 Å². The zero-order valence-corrected chi connectivity index (χ0v) is 10.9. The molecule has 19 heavy (non-hydrogen) atoms. The fourth-order valence-electron chi connectivity index (χ4n) is 2.24. The zero-order valence-electron chi connectivity index (χ0n) is 10.1. The number of nitrogens with zero attached hydrogens (tertiary/aromatic N) is 1. The average Bonchev–Trinajstić information content (AvgIpc) is 2.98. The molecule has 0 radical (unpaired) electrons. The number of hydrogen-bond donors (Lipinski definition) is 1. The standard InChI is InChI=1S/C14H12N2O2S/c15-11-5-1-4-10-12(11)14(18)16(13(10)17)7-6-9-3-2-8-19-9/h1-5,8H,6-7,15H2. The lowest BCUT2D eigenvalue weighted by Crippen LogP contribution is -2.31. The number of fused-ring (bicyclic) bond motifs is 1. The van der Waals surface area contributed by atoms with Gasteiger partial charge >= 0.3 is 0 Å². The van der Waals surface area contributed by atoms with Crippen molar-refractivity contribution in [2.75, 3.05) is 12.3 Å². The van der Waals surface area contributed by atoms with E-state index in [1.165, 1.54) is 4.90 Å². The molecule has 3 rings (SSSR count). The highest BCUT2D eigenvalue weighted by Crippen LogP contribution is 2.27. The number of rotatable bonds is 3. The Bertz CT molecular complexity index is 649. The second kappa shape index (κ2) is 4.51. The van der Waals surface area contributed by atoms with Crippen molar-refractivity contribution >= 4 is 28.8 Å². The van der Waals surface area contributed by atoms with Crippen LogP contribution in [0.25, 0.3) is 0 Å². The summed E-state index contributed by atoms with van der Waals surface area (Å²) in [6.07, 6.45) is 0.684. The molecule has 1 aliphatic heterocycles. The highest BCUT2D eigenvalue weighted by atomic mass is 32.1. The van der Waals surface area contributed by atoms with Gasteiger partial charge in [0.05, 0.1) is 11.1 Å².